The van der Waals surface area contributed by atoms with Gasteiger partial charge >= 0.3 is 6.09 Å². The number of amides is 1. The Labute approximate surface area is 95.2 Å². The number of rotatable bonds is 1. The van der Waals surface area contributed by atoms with Crippen molar-refractivity contribution in [1.29, 1.82) is 0 Å². The first-order chi connectivity index (χ1) is 7.09. The molecule has 1 aliphatic carbocycles. The van der Waals surface area contributed by atoms with Gasteiger partial charge in [0.15, 0.2) is 6.10 Å². The molecule has 0 unspecified atom stereocenters. The summed E-state index contributed by atoms with van der Waals surface area (Å²) in [6.45, 7) is 0. The van der Waals surface area contributed by atoms with E-state index in [4.69, 9.17) is 10.5 Å². The van der Waals surface area contributed by atoms with E-state index < -0.39 is 18.3 Å². The van der Waals surface area contributed by atoms with E-state index in [-0.39, 0.29) is 0 Å². The average Bonchev–Trinajstić information content (AvgIpc) is 2.45. The summed E-state index contributed by atoms with van der Waals surface area (Å²) in [6, 6.07) is 5.54. The fourth-order valence-corrected chi connectivity index (χ4v) is 2.39. The molecule has 1 aromatic rings. The molecule has 0 saturated carbocycles. The van der Waals surface area contributed by atoms with Crippen molar-refractivity contribution in [1.82, 2.24) is 0 Å². The smallest absolute Gasteiger partial charge is 0.405 e. The zero-order valence-corrected chi connectivity index (χ0v) is 9.40. The van der Waals surface area contributed by atoms with Crippen LogP contribution in [-0.2, 0) is 11.2 Å². The molecule has 0 radical (unpaired) electrons. The first-order valence-corrected chi connectivity index (χ1v) is 5.30. The molecule has 1 aliphatic rings. The molecule has 1 amide bonds. The van der Waals surface area contributed by atoms with Crippen molar-refractivity contribution in [2.75, 3.05) is 0 Å². The van der Waals surface area contributed by atoms with Crippen molar-refractivity contribution in [2.45, 2.75) is 18.6 Å². The first-order valence-electron chi connectivity index (χ1n) is 4.51. The van der Waals surface area contributed by atoms with E-state index in [1.165, 1.54) is 0 Å². The summed E-state index contributed by atoms with van der Waals surface area (Å²) >= 11 is 3.39. The second kappa shape index (κ2) is 3.83. The minimum absolute atomic E-state index is 0.467. The standard InChI is InChI=1S/C10H10BrNO3/c11-7-3-1-2-5-6(7)4-8(13)9(5)15-10(12)14/h1-3,8-9,13H,4H2,(H2,12,14)/t8-,9-/m1/s1. The molecule has 0 bridgehead atoms. The number of halogens is 1. The Morgan fingerprint density at radius 2 is 2.33 bits per heavy atom. The molecule has 0 aromatic heterocycles. The normalized spacial score (nSPS) is 23.6. The number of primary amides is 1. The number of aliphatic hydroxyl groups excluding tert-OH is 1. The maximum absolute atomic E-state index is 10.7. The molecule has 2 rings (SSSR count). The topological polar surface area (TPSA) is 72.6 Å². The maximum Gasteiger partial charge on any atom is 0.405 e. The average molecular weight is 272 g/mol. The number of fused-ring (bicyclic) bond motifs is 1. The fourth-order valence-electron chi connectivity index (χ4n) is 1.85. The van der Waals surface area contributed by atoms with Crippen LogP contribution < -0.4 is 5.73 Å². The lowest BCUT2D eigenvalue weighted by Crippen LogP contribution is -2.23. The van der Waals surface area contributed by atoms with Crippen molar-refractivity contribution in [3.8, 4) is 0 Å². The lowest BCUT2D eigenvalue weighted by atomic mass is 10.1. The minimum atomic E-state index is -0.869. The number of hydrogen-bond acceptors (Lipinski definition) is 3. The third kappa shape index (κ3) is 1.85. The summed E-state index contributed by atoms with van der Waals surface area (Å²) in [5.41, 5.74) is 6.73. The molecule has 0 heterocycles. The summed E-state index contributed by atoms with van der Waals surface area (Å²) in [6.07, 6.45) is -1.76. The van der Waals surface area contributed by atoms with Crippen LogP contribution in [-0.4, -0.2) is 17.3 Å². The van der Waals surface area contributed by atoms with E-state index >= 15 is 0 Å². The molecule has 0 saturated heterocycles. The van der Waals surface area contributed by atoms with Crippen LogP contribution in [0.5, 0.6) is 0 Å². The van der Waals surface area contributed by atoms with Gasteiger partial charge in [-0.3, -0.25) is 0 Å². The number of carbonyl (C=O) groups is 1. The van der Waals surface area contributed by atoms with Gasteiger partial charge in [-0.15, -0.1) is 0 Å². The molecule has 0 fully saturated rings. The molecule has 5 heteroatoms. The Kier molecular flexibility index (Phi) is 2.67. The van der Waals surface area contributed by atoms with Crippen molar-refractivity contribution >= 4 is 22.0 Å². The van der Waals surface area contributed by atoms with E-state index in [2.05, 4.69) is 15.9 Å². The van der Waals surface area contributed by atoms with Crippen LogP contribution in [0.4, 0.5) is 4.79 Å². The Bertz CT molecular complexity index is 408. The summed E-state index contributed by atoms with van der Waals surface area (Å²) in [5, 5.41) is 9.73. The van der Waals surface area contributed by atoms with E-state index in [1.807, 2.05) is 18.2 Å². The van der Waals surface area contributed by atoms with Gasteiger partial charge < -0.3 is 15.6 Å². The van der Waals surface area contributed by atoms with Crippen LogP contribution >= 0.6 is 15.9 Å². The Morgan fingerprint density at radius 1 is 1.60 bits per heavy atom. The van der Waals surface area contributed by atoms with Gasteiger partial charge in [-0.2, -0.15) is 0 Å². The van der Waals surface area contributed by atoms with Crippen LogP contribution in [0.1, 0.15) is 17.2 Å². The molecule has 3 N–H and O–H groups in total. The van der Waals surface area contributed by atoms with Crippen LogP contribution in [0.15, 0.2) is 22.7 Å². The van der Waals surface area contributed by atoms with Crippen LogP contribution in [0.2, 0.25) is 0 Å². The van der Waals surface area contributed by atoms with Gasteiger partial charge in [0, 0.05) is 10.9 Å². The van der Waals surface area contributed by atoms with E-state index in [0.717, 1.165) is 15.6 Å². The monoisotopic (exact) mass is 271 g/mol. The van der Waals surface area contributed by atoms with Gasteiger partial charge in [0.25, 0.3) is 0 Å². The second-order valence-corrected chi connectivity index (χ2v) is 4.29. The van der Waals surface area contributed by atoms with Gasteiger partial charge in [0.1, 0.15) is 0 Å². The van der Waals surface area contributed by atoms with Crippen molar-refractivity contribution in [3.63, 3.8) is 0 Å². The predicted molar refractivity (Wildman–Crippen MR) is 57.3 cm³/mol. The number of carbonyl (C=O) groups excluding carboxylic acids is 1. The summed E-state index contributed by atoms with van der Waals surface area (Å²) in [5.74, 6) is 0. The van der Waals surface area contributed by atoms with Gasteiger partial charge in [0.2, 0.25) is 0 Å². The highest BCUT2D eigenvalue weighted by Gasteiger charge is 2.34. The highest BCUT2D eigenvalue weighted by atomic mass is 79.9. The SMILES string of the molecule is NC(=O)O[C@@H]1c2cccc(Br)c2C[C@H]1O. The van der Waals surface area contributed by atoms with E-state index in [9.17, 15) is 9.90 Å². The van der Waals surface area contributed by atoms with Crippen molar-refractivity contribution in [2.24, 2.45) is 5.73 Å². The zero-order chi connectivity index (χ0) is 11.0. The number of ether oxygens (including phenoxy) is 1. The quantitative estimate of drug-likeness (QED) is 0.813. The van der Waals surface area contributed by atoms with Crippen LogP contribution in [0, 0.1) is 0 Å². The molecule has 0 aliphatic heterocycles. The summed E-state index contributed by atoms with van der Waals surface area (Å²) < 4.78 is 5.78. The van der Waals surface area contributed by atoms with Crippen LogP contribution in [0.25, 0.3) is 0 Å². The highest BCUT2D eigenvalue weighted by Crippen LogP contribution is 2.37. The van der Waals surface area contributed by atoms with Crippen LogP contribution in [0.3, 0.4) is 0 Å². The van der Waals surface area contributed by atoms with Crippen molar-refractivity contribution < 1.29 is 14.6 Å². The molecular formula is C10H10BrNO3. The molecule has 4 nitrogen and oxygen atoms in total. The predicted octanol–water partition coefficient (Wildman–Crippen LogP) is 1.50. The molecular weight excluding hydrogens is 262 g/mol. The maximum atomic E-state index is 10.7. The molecule has 0 spiro atoms. The molecule has 80 valence electrons. The summed E-state index contributed by atoms with van der Waals surface area (Å²) in [7, 11) is 0. The van der Waals surface area contributed by atoms with Gasteiger partial charge in [-0.05, 0) is 17.2 Å². The third-order valence-electron chi connectivity index (χ3n) is 2.47. The highest BCUT2D eigenvalue weighted by molar-refractivity contribution is 9.10. The van der Waals surface area contributed by atoms with Gasteiger partial charge in [-0.25, -0.2) is 4.79 Å². The number of nitrogens with two attached hydrogens (primary N) is 1. The first kappa shape index (κ1) is 10.4. The van der Waals surface area contributed by atoms with Crippen molar-refractivity contribution in [3.05, 3.63) is 33.8 Å². The number of benzene rings is 1. The second-order valence-electron chi connectivity index (χ2n) is 3.44. The Morgan fingerprint density at radius 3 is 3.00 bits per heavy atom. The van der Waals surface area contributed by atoms with E-state index in [1.54, 1.807) is 0 Å². The zero-order valence-electron chi connectivity index (χ0n) is 7.81. The third-order valence-corrected chi connectivity index (χ3v) is 3.21. The molecule has 15 heavy (non-hydrogen) atoms. The fraction of sp³-hybridized carbons (Fsp3) is 0.300. The lowest BCUT2D eigenvalue weighted by molar-refractivity contribution is 0.0169. The Balaban J connectivity index is 2.37. The molecule has 1 aromatic carbocycles. The minimum Gasteiger partial charge on any atom is -0.439 e. The largest absolute Gasteiger partial charge is 0.439 e. The summed E-state index contributed by atoms with van der Waals surface area (Å²) in [4.78, 5) is 10.7. The lowest BCUT2D eigenvalue weighted by Gasteiger charge is -2.14. The molecule has 2 atom stereocenters. The van der Waals surface area contributed by atoms with Gasteiger partial charge in [-0.1, -0.05) is 28.1 Å². The van der Waals surface area contributed by atoms with E-state index in [0.29, 0.717) is 6.42 Å². The van der Waals surface area contributed by atoms with Gasteiger partial charge in [0.05, 0.1) is 6.10 Å². The number of aliphatic hydroxyl groups is 1. The Hall–Kier alpha value is -1.07. The number of hydrogen-bond donors (Lipinski definition) is 2.